The summed E-state index contributed by atoms with van der Waals surface area (Å²) in [5.41, 5.74) is 1.40. The van der Waals surface area contributed by atoms with Gasteiger partial charge in [-0.15, -0.1) is 0 Å². The second-order valence-corrected chi connectivity index (χ2v) is 8.10. The number of hydrogen-bond acceptors (Lipinski definition) is 5. The molecule has 0 radical (unpaired) electrons. The molecule has 0 atom stereocenters. The molecule has 1 aliphatic rings. The molecule has 0 spiro atoms. The first kappa shape index (κ1) is 22.3. The Balaban J connectivity index is 1.86. The molecular weight excluding hydrogens is 445 g/mol. The van der Waals surface area contributed by atoms with Crippen LogP contribution < -0.4 is 9.47 Å². The quantitative estimate of drug-likeness (QED) is 0.344. The van der Waals surface area contributed by atoms with Gasteiger partial charge in [0, 0.05) is 5.02 Å². The standard InChI is InChI=1S/C22H19Cl2NO4S/c1-3-8-29-20-17(24)10-15(11-18(20)28-4-2)12-19-21(26)25(22(27)30-19)13-14-6-5-7-16(23)9-14/h3,5-7,9-12H,1,4,8,13H2,2H3/b19-12-. The molecule has 156 valence electrons. The van der Waals surface area contributed by atoms with E-state index < -0.39 is 0 Å². The molecule has 0 bridgehead atoms. The molecule has 0 aromatic heterocycles. The lowest BCUT2D eigenvalue weighted by molar-refractivity contribution is -0.123. The van der Waals surface area contributed by atoms with Gasteiger partial charge in [0.15, 0.2) is 11.5 Å². The summed E-state index contributed by atoms with van der Waals surface area (Å²) < 4.78 is 11.2. The van der Waals surface area contributed by atoms with E-state index in [9.17, 15) is 9.59 Å². The fourth-order valence-electron chi connectivity index (χ4n) is 2.82. The minimum Gasteiger partial charge on any atom is -0.490 e. The van der Waals surface area contributed by atoms with E-state index in [2.05, 4.69) is 6.58 Å². The number of ether oxygens (including phenoxy) is 2. The van der Waals surface area contributed by atoms with Gasteiger partial charge in [0.25, 0.3) is 11.1 Å². The summed E-state index contributed by atoms with van der Waals surface area (Å²) >= 11 is 13.2. The minimum absolute atomic E-state index is 0.155. The highest BCUT2D eigenvalue weighted by Gasteiger charge is 2.35. The lowest BCUT2D eigenvalue weighted by atomic mass is 10.1. The van der Waals surface area contributed by atoms with Crippen molar-refractivity contribution in [2.75, 3.05) is 13.2 Å². The van der Waals surface area contributed by atoms with Gasteiger partial charge in [-0.05, 0) is 60.2 Å². The van der Waals surface area contributed by atoms with Crippen LogP contribution in [0.2, 0.25) is 10.0 Å². The van der Waals surface area contributed by atoms with Gasteiger partial charge < -0.3 is 9.47 Å². The number of imide groups is 1. The lowest BCUT2D eigenvalue weighted by Crippen LogP contribution is -2.27. The van der Waals surface area contributed by atoms with Crippen molar-refractivity contribution >= 4 is 52.2 Å². The number of carbonyl (C=O) groups excluding carboxylic acids is 2. The monoisotopic (exact) mass is 463 g/mol. The summed E-state index contributed by atoms with van der Waals surface area (Å²) in [7, 11) is 0. The first-order valence-electron chi connectivity index (χ1n) is 9.12. The van der Waals surface area contributed by atoms with E-state index in [0.29, 0.717) is 38.6 Å². The van der Waals surface area contributed by atoms with Crippen molar-refractivity contribution in [2.24, 2.45) is 0 Å². The summed E-state index contributed by atoms with van der Waals surface area (Å²) in [6.45, 7) is 6.32. The maximum Gasteiger partial charge on any atom is 0.293 e. The lowest BCUT2D eigenvalue weighted by Gasteiger charge is -2.14. The zero-order chi connectivity index (χ0) is 21.7. The number of halogens is 2. The van der Waals surface area contributed by atoms with E-state index in [1.807, 2.05) is 13.0 Å². The summed E-state index contributed by atoms with van der Waals surface area (Å²) in [5.74, 6) is 0.493. The Morgan fingerprint density at radius 2 is 1.97 bits per heavy atom. The second kappa shape index (κ2) is 10.1. The van der Waals surface area contributed by atoms with Crippen LogP contribution in [0.15, 0.2) is 54.0 Å². The number of hydrogen-bond donors (Lipinski definition) is 0. The zero-order valence-electron chi connectivity index (χ0n) is 16.2. The minimum atomic E-state index is -0.369. The second-order valence-electron chi connectivity index (χ2n) is 6.26. The van der Waals surface area contributed by atoms with Crippen molar-refractivity contribution in [3.05, 3.63) is 75.1 Å². The number of rotatable bonds is 8. The van der Waals surface area contributed by atoms with Crippen LogP contribution in [0.1, 0.15) is 18.1 Å². The van der Waals surface area contributed by atoms with E-state index in [1.165, 1.54) is 4.90 Å². The summed E-state index contributed by atoms with van der Waals surface area (Å²) in [6, 6.07) is 10.4. The number of amides is 2. The molecule has 0 aliphatic carbocycles. The molecule has 0 saturated carbocycles. The molecule has 1 saturated heterocycles. The highest BCUT2D eigenvalue weighted by molar-refractivity contribution is 8.18. The molecule has 1 aliphatic heterocycles. The summed E-state index contributed by atoms with van der Waals surface area (Å²) in [4.78, 5) is 26.7. The maximum atomic E-state index is 12.8. The van der Waals surface area contributed by atoms with Crippen molar-refractivity contribution in [1.82, 2.24) is 4.90 Å². The van der Waals surface area contributed by atoms with E-state index in [0.717, 1.165) is 17.3 Å². The molecule has 1 fully saturated rings. The topological polar surface area (TPSA) is 55.8 Å². The third-order valence-electron chi connectivity index (χ3n) is 4.08. The molecule has 5 nitrogen and oxygen atoms in total. The van der Waals surface area contributed by atoms with Crippen LogP contribution in [-0.2, 0) is 11.3 Å². The van der Waals surface area contributed by atoms with Crippen LogP contribution in [0.4, 0.5) is 4.79 Å². The molecule has 2 aromatic rings. The maximum absolute atomic E-state index is 12.8. The Kier molecular flexibility index (Phi) is 7.48. The largest absolute Gasteiger partial charge is 0.490 e. The van der Waals surface area contributed by atoms with Gasteiger partial charge >= 0.3 is 0 Å². The molecule has 8 heteroatoms. The molecule has 30 heavy (non-hydrogen) atoms. The zero-order valence-corrected chi connectivity index (χ0v) is 18.5. The van der Waals surface area contributed by atoms with Crippen LogP contribution in [-0.4, -0.2) is 29.3 Å². The Labute approximate surface area is 189 Å². The van der Waals surface area contributed by atoms with Crippen LogP contribution in [0.25, 0.3) is 6.08 Å². The van der Waals surface area contributed by atoms with E-state index >= 15 is 0 Å². The van der Waals surface area contributed by atoms with Crippen molar-refractivity contribution in [2.45, 2.75) is 13.5 Å². The van der Waals surface area contributed by atoms with Crippen molar-refractivity contribution in [3.63, 3.8) is 0 Å². The third-order valence-corrected chi connectivity index (χ3v) is 5.50. The molecule has 3 rings (SSSR count). The summed E-state index contributed by atoms with van der Waals surface area (Å²) in [5, 5.41) is 0.548. The SMILES string of the molecule is C=CCOc1c(Cl)cc(/C=C2\SC(=O)N(Cc3cccc(Cl)c3)C2=O)cc1OCC. The van der Waals surface area contributed by atoms with Gasteiger partial charge in [-0.2, -0.15) is 0 Å². The van der Waals surface area contributed by atoms with Crippen molar-refractivity contribution in [1.29, 1.82) is 0 Å². The molecule has 0 N–H and O–H groups in total. The predicted molar refractivity (Wildman–Crippen MR) is 121 cm³/mol. The average Bonchev–Trinajstić information content (AvgIpc) is 2.95. The normalized spacial score (nSPS) is 15.0. The van der Waals surface area contributed by atoms with Gasteiger partial charge in [-0.25, -0.2) is 0 Å². The first-order valence-corrected chi connectivity index (χ1v) is 10.7. The van der Waals surface area contributed by atoms with E-state index in [-0.39, 0.29) is 24.3 Å². The Morgan fingerprint density at radius 3 is 2.67 bits per heavy atom. The van der Waals surface area contributed by atoms with Crippen LogP contribution >= 0.6 is 35.0 Å². The summed E-state index contributed by atoms with van der Waals surface area (Å²) in [6.07, 6.45) is 3.23. The van der Waals surface area contributed by atoms with Crippen molar-refractivity contribution < 1.29 is 19.1 Å². The van der Waals surface area contributed by atoms with Gasteiger partial charge in [-0.1, -0.05) is 48.0 Å². The van der Waals surface area contributed by atoms with E-state index in [4.69, 9.17) is 32.7 Å². The van der Waals surface area contributed by atoms with E-state index in [1.54, 1.807) is 42.5 Å². The number of nitrogens with zero attached hydrogens (tertiary/aromatic N) is 1. The van der Waals surface area contributed by atoms with Gasteiger partial charge in [0.2, 0.25) is 0 Å². The first-order chi connectivity index (χ1) is 14.4. The smallest absolute Gasteiger partial charge is 0.293 e. The molecule has 0 unspecified atom stereocenters. The Morgan fingerprint density at radius 1 is 1.17 bits per heavy atom. The van der Waals surface area contributed by atoms with Crippen LogP contribution in [0.5, 0.6) is 11.5 Å². The highest BCUT2D eigenvalue weighted by Crippen LogP contribution is 2.39. The Hall–Kier alpha value is -2.41. The molecular formula is C22H19Cl2NO4S. The number of carbonyl (C=O) groups is 2. The van der Waals surface area contributed by atoms with Gasteiger partial charge in [0.1, 0.15) is 6.61 Å². The fourth-order valence-corrected chi connectivity index (χ4v) is 4.15. The van der Waals surface area contributed by atoms with Crippen LogP contribution in [0, 0.1) is 0 Å². The highest BCUT2D eigenvalue weighted by atomic mass is 35.5. The number of thioether (sulfide) groups is 1. The Bertz CT molecular complexity index is 1020. The van der Waals surface area contributed by atoms with Gasteiger partial charge in [-0.3, -0.25) is 14.5 Å². The van der Waals surface area contributed by atoms with Crippen LogP contribution in [0.3, 0.4) is 0 Å². The third kappa shape index (κ3) is 5.19. The van der Waals surface area contributed by atoms with Gasteiger partial charge in [0.05, 0.1) is 23.1 Å². The number of benzene rings is 2. The molecule has 2 aromatic carbocycles. The fraction of sp³-hybridized carbons (Fsp3) is 0.182. The predicted octanol–water partition coefficient (Wildman–Crippen LogP) is 6.19. The average molecular weight is 464 g/mol. The van der Waals surface area contributed by atoms with Crippen molar-refractivity contribution in [3.8, 4) is 11.5 Å². The molecule has 2 amide bonds. The molecule has 1 heterocycles.